The van der Waals surface area contributed by atoms with E-state index >= 15 is 0 Å². The number of hydrogen-bond donors (Lipinski definition) is 0. The Balaban J connectivity index is 1.82. The minimum absolute atomic E-state index is 0.0450. The first-order valence-electron chi connectivity index (χ1n) is 9.91. The average Bonchev–Trinajstić information content (AvgIpc) is 3.14. The molecular formula is C24H19N3O5S. The SMILES string of the molecule is COc1ccccc1C(=O)Oc1c(Sc2ccccc2[N+](=O)[O-])c(C)nn1-c1ccccc1. The number of hydrogen-bond acceptors (Lipinski definition) is 7. The van der Waals surface area contributed by atoms with E-state index in [2.05, 4.69) is 5.10 Å². The first-order valence-corrected chi connectivity index (χ1v) is 10.7. The summed E-state index contributed by atoms with van der Waals surface area (Å²) in [5.74, 6) is -0.0930. The molecule has 4 aromatic rings. The van der Waals surface area contributed by atoms with Gasteiger partial charge in [0.25, 0.3) is 5.69 Å². The van der Waals surface area contributed by atoms with Gasteiger partial charge >= 0.3 is 5.97 Å². The molecule has 0 N–H and O–H groups in total. The minimum atomic E-state index is -0.631. The summed E-state index contributed by atoms with van der Waals surface area (Å²) in [7, 11) is 1.47. The van der Waals surface area contributed by atoms with Crippen molar-refractivity contribution in [3.63, 3.8) is 0 Å². The highest BCUT2D eigenvalue weighted by atomic mass is 32.2. The Morgan fingerprint density at radius 3 is 2.39 bits per heavy atom. The summed E-state index contributed by atoms with van der Waals surface area (Å²) >= 11 is 1.12. The van der Waals surface area contributed by atoms with Gasteiger partial charge in [0.15, 0.2) is 0 Å². The van der Waals surface area contributed by atoms with E-state index in [4.69, 9.17) is 9.47 Å². The molecule has 4 rings (SSSR count). The molecular weight excluding hydrogens is 442 g/mol. The van der Waals surface area contributed by atoms with Gasteiger partial charge in [-0.3, -0.25) is 10.1 Å². The van der Waals surface area contributed by atoms with Crippen LogP contribution in [0.5, 0.6) is 11.6 Å². The zero-order valence-corrected chi connectivity index (χ0v) is 18.6. The van der Waals surface area contributed by atoms with Crippen molar-refractivity contribution in [3.05, 3.63) is 100 Å². The number of methoxy groups -OCH3 is 1. The van der Waals surface area contributed by atoms with Crippen LogP contribution < -0.4 is 9.47 Å². The third-order valence-corrected chi connectivity index (χ3v) is 6.00. The van der Waals surface area contributed by atoms with Crippen molar-refractivity contribution in [1.29, 1.82) is 0 Å². The monoisotopic (exact) mass is 461 g/mol. The number of benzene rings is 3. The predicted molar refractivity (Wildman–Crippen MR) is 123 cm³/mol. The molecule has 0 unspecified atom stereocenters. The normalized spacial score (nSPS) is 10.6. The molecule has 0 atom stereocenters. The van der Waals surface area contributed by atoms with Gasteiger partial charge in [-0.2, -0.15) is 9.78 Å². The van der Waals surface area contributed by atoms with Crippen LogP contribution in [0.25, 0.3) is 5.69 Å². The lowest BCUT2D eigenvalue weighted by Crippen LogP contribution is -2.13. The lowest BCUT2D eigenvalue weighted by molar-refractivity contribution is -0.387. The molecule has 0 saturated carbocycles. The maximum absolute atomic E-state index is 13.1. The number of carbonyl (C=O) groups excluding carboxylic acids is 1. The van der Waals surface area contributed by atoms with Gasteiger partial charge < -0.3 is 9.47 Å². The second-order valence-electron chi connectivity index (χ2n) is 6.88. The summed E-state index contributed by atoms with van der Waals surface area (Å²) in [6.45, 7) is 1.76. The molecule has 33 heavy (non-hydrogen) atoms. The molecule has 0 spiro atoms. The Morgan fingerprint density at radius 1 is 1.00 bits per heavy atom. The highest BCUT2D eigenvalue weighted by Gasteiger charge is 2.26. The zero-order chi connectivity index (χ0) is 23.4. The highest BCUT2D eigenvalue weighted by molar-refractivity contribution is 7.99. The average molecular weight is 461 g/mol. The van der Waals surface area contributed by atoms with Crippen LogP contribution in [0.2, 0.25) is 0 Å². The Hall–Kier alpha value is -4.11. The van der Waals surface area contributed by atoms with E-state index in [0.29, 0.717) is 26.9 Å². The van der Waals surface area contributed by atoms with Gasteiger partial charge in [-0.05, 0) is 37.3 Å². The lowest BCUT2D eigenvalue weighted by Gasteiger charge is -2.12. The number of nitro benzene ring substituents is 1. The molecule has 9 heteroatoms. The van der Waals surface area contributed by atoms with Gasteiger partial charge in [-0.15, -0.1) is 0 Å². The number of carbonyl (C=O) groups is 1. The number of esters is 1. The number of ether oxygens (including phenoxy) is 2. The van der Waals surface area contributed by atoms with Crippen LogP contribution in [-0.4, -0.2) is 27.8 Å². The van der Waals surface area contributed by atoms with E-state index in [9.17, 15) is 14.9 Å². The fraction of sp³-hybridized carbons (Fsp3) is 0.0833. The van der Waals surface area contributed by atoms with Gasteiger partial charge in [0.05, 0.1) is 33.2 Å². The fourth-order valence-electron chi connectivity index (χ4n) is 3.20. The third-order valence-electron chi connectivity index (χ3n) is 4.76. The van der Waals surface area contributed by atoms with Crippen LogP contribution in [0, 0.1) is 17.0 Å². The topological polar surface area (TPSA) is 96.5 Å². The van der Waals surface area contributed by atoms with E-state index in [1.54, 1.807) is 49.4 Å². The summed E-state index contributed by atoms with van der Waals surface area (Å²) in [6, 6.07) is 22.3. The molecule has 0 radical (unpaired) electrons. The molecule has 1 heterocycles. The van der Waals surface area contributed by atoms with Crippen molar-refractivity contribution < 1.29 is 19.2 Å². The molecule has 0 saturated heterocycles. The Morgan fingerprint density at radius 2 is 1.67 bits per heavy atom. The minimum Gasteiger partial charge on any atom is -0.496 e. The fourth-order valence-corrected chi connectivity index (χ4v) is 4.22. The maximum atomic E-state index is 13.1. The molecule has 0 amide bonds. The standard InChI is InChI=1S/C24H19N3O5S/c1-16-22(33-21-15-9-7-13-19(21)27(29)30)23(26(25-16)17-10-4-3-5-11-17)32-24(28)18-12-6-8-14-20(18)31-2/h3-15H,1-2H3. The highest BCUT2D eigenvalue weighted by Crippen LogP contribution is 2.42. The largest absolute Gasteiger partial charge is 0.496 e. The van der Waals surface area contributed by atoms with Crippen molar-refractivity contribution >= 4 is 23.4 Å². The Kier molecular flexibility index (Phi) is 6.41. The summed E-state index contributed by atoms with van der Waals surface area (Å²) in [5.41, 5.74) is 1.44. The molecule has 0 bridgehead atoms. The van der Waals surface area contributed by atoms with Gasteiger partial charge in [-0.25, -0.2) is 4.79 Å². The number of nitro groups is 1. The van der Waals surface area contributed by atoms with Crippen LogP contribution in [0.4, 0.5) is 5.69 Å². The third kappa shape index (κ3) is 4.58. The van der Waals surface area contributed by atoms with Crippen LogP contribution >= 0.6 is 11.8 Å². The van der Waals surface area contributed by atoms with E-state index in [0.717, 1.165) is 11.8 Å². The van der Waals surface area contributed by atoms with Crippen molar-refractivity contribution in [2.24, 2.45) is 0 Å². The summed E-state index contributed by atoms with van der Waals surface area (Å²) < 4.78 is 12.6. The van der Waals surface area contributed by atoms with Crippen LogP contribution in [0.15, 0.2) is 88.7 Å². The van der Waals surface area contributed by atoms with E-state index in [-0.39, 0.29) is 17.1 Å². The van der Waals surface area contributed by atoms with Gasteiger partial charge in [0.1, 0.15) is 11.3 Å². The Bertz CT molecular complexity index is 1320. The summed E-state index contributed by atoms with van der Waals surface area (Å²) in [4.78, 5) is 25.1. The molecule has 0 aliphatic heterocycles. The molecule has 0 fully saturated rings. The number of aromatic nitrogens is 2. The second kappa shape index (κ2) is 9.58. The quantitative estimate of drug-likeness (QED) is 0.205. The molecule has 0 aliphatic carbocycles. The van der Waals surface area contributed by atoms with Crippen LogP contribution in [0.1, 0.15) is 16.1 Å². The number of aryl methyl sites for hydroxylation is 1. The van der Waals surface area contributed by atoms with Crippen LogP contribution in [0.3, 0.4) is 0 Å². The van der Waals surface area contributed by atoms with E-state index in [1.807, 2.05) is 30.3 Å². The lowest BCUT2D eigenvalue weighted by atomic mass is 10.2. The van der Waals surface area contributed by atoms with Crippen molar-refractivity contribution in [2.75, 3.05) is 7.11 Å². The summed E-state index contributed by atoms with van der Waals surface area (Å²) in [6.07, 6.45) is 0. The van der Waals surface area contributed by atoms with Crippen molar-refractivity contribution in [2.45, 2.75) is 16.7 Å². The summed E-state index contributed by atoms with van der Waals surface area (Å²) in [5, 5.41) is 16.1. The van der Waals surface area contributed by atoms with Gasteiger partial charge in [0.2, 0.25) is 5.88 Å². The number of para-hydroxylation sites is 3. The van der Waals surface area contributed by atoms with E-state index < -0.39 is 10.9 Å². The molecule has 1 aromatic heterocycles. The number of rotatable bonds is 7. The van der Waals surface area contributed by atoms with Gasteiger partial charge in [-0.1, -0.05) is 54.2 Å². The smallest absolute Gasteiger partial charge is 0.348 e. The predicted octanol–water partition coefficient (Wildman–Crippen LogP) is 5.47. The molecule has 166 valence electrons. The van der Waals surface area contributed by atoms with Crippen molar-refractivity contribution in [1.82, 2.24) is 9.78 Å². The second-order valence-corrected chi connectivity index (χ2v) is 7.94. The van der Waals surface area contributed by atoms with Crippen molar-refractivity contribution in [3.8, 4) is 17.3 Å². The molecule has 0 aliphatic rings. The first-order chi connectivity index (χ1) is 16.0. The molecule has 3 aromatic carbocycles. The molecule has 8 nitrogen and oxygen atoms in total. The number of nitrogens with zero attached hydrogens (tertiary/aromatic N) is 3. The Labute approximate surface area is 193 Å². The van der Waals surface area contributed by atoms with Crippen LogP contribution in [-0.2, 0) is 0 Å². The zero-order valence-electron chi connectivity index (χ0n) is 17.8. The first kappa shape index (κ1) is 22.1. The van der Waals surface area contributed by atoms with Gasteiger partial charge in [0, 0.05) is 6.07 Å². The maximum Gasteiger partial charge on any atom is 0.348 e. The van der Waals surface area contributed by atoms with E-state index in [1.165, 1.54) is 17.9 Å².